The van der Waals surface area contributed by atoms with E-state index in [0.717, 1.165) is 23.5 Å². The molecule has 6 heteroatoms. The zero-order chi connectivity index (χ0) is 14.0. The van der Waals surface area contributed by atoms with Crippen LogP contribution in [0.15, 0.2) is 29.6 Å². The first-order valence-electron chi connectivity index (χ1n) is 5.16. The molecule has 0 spiro atoms. The van der Waals surface area contributed by atoms with Crippen LogP contribution in [-0.4, -0.2) is 5.78 Å². The monoisotopic (exact) mass is 313 g/mol. The number of nitrogens with zero attached hydrogens (tertiary/aromatic N) is 1. The van der Waals surface area contributed by atoms with Gasteiger partial charge in [-0.15, -0.1) is 11.3 Å². The smallest absolute Gasteiger partial charge is 0.195 e. The predicted octanol–water partition coefficient (Wildman–Crippen LogP) is 4.68. The van der Waals surface area contributed by atoms with Gasteiger partial charge < -0.3 is 0 Å². The van der Waals surface area contributed by atoms with E-state index in [0.29, 0.717) is 9.90 Å². The molecule has 0 aliphatic heterocycles. The average molecular weight is 314 g/mol. The molecule has 96 valence electrons. The zero-order valence-electron chi connectivity index (χ0n) is 9.36. The van der Waals surface area contributed by atoms with E-state index < -0.39 is 17.5 Å². The van der Waals surface area contributed by atoms with Gasteiger partial charge in [-0.2, -0.15) is 5.26 Å². The summed E-state index contributed by atoms with van der Waals surface area (Å²) < 4.78 is 13.0. The lowest BCUT2D eigenvalue weighted by molar-refractivity contribution is 0.0983. The quantitative estimate of drug-likeness (QED) is 0.772. The molecule has 1 unspecified atom stereocenters. The third-order valence-corrected chi connectivity index (χ3v) is 4.19. The number of Topliss-reactive ketones (excluding diaryl/α,β-unsaturated/α-hetero) is 1. The Bertz CT molecular complexity index is 678. The third-order valence-electron chi connectivity index (χ3n) is 2.51. The molecule has 0 aliphatic carbocycles. The van der Waals surface area contributed by atoms with Gasteiger partial charge in [0.15, 0.2) is 5.78 Å². The third kappa shape index (κ3) is 2.79. The highest BCUT2D eigenvalue weighted by atomic mass is 35.5. The Morgan fingerprint density at radius 3 is 2.58 bits per heavy atom. The number of thiophene rings is 1. The number of nitriles is 1. The topological polar surface area (TPSA) is 40.9 Å². The van der Waals surface area contributed by atoms with E-state index >= 15 is 0 Å². The van der Waals surface area contributed by atoms with Crippen molar-refractivity contribution in [1.29, 1.82) is 5.26 Å². The second-order valence-corrected chi connectivity index (χ2v) is 5.42. The van der Waals surface area contributed by atoms with Gasteiger partial charge in [-0.3, -0.25) is 4.79 Å². The molecule has 2 rings (SSSR count). The van der Waals surface area contributed by atoms with Crippen LogP contribution in [0.2, 0.25) is 10.0 Å². The number of hydrogen-bond acceptors (Lipinski definition) is 3. The number of carbonyl (C=O) groups is 1. The van der Waals surface area contributed by atoms with Crippen molar-refractivity contribution >= 4 is 40.3 Å². The molecule has 2 aromatic rings. The number of rotatable bonds is 3. The Labute approximate surface area is 123 Å². The largest absolute Gasteiger partial charge is 0.291 e. The Morgan fingerprint density at radius 1 is 1.32 bits per heavy atom. The lowest BCUT2D eigenvalue weighted by Gasteiger charge is -2.09. The number of carbonyl (C=O) groups excluding carboxylic acids is 1. The molecule has 0 N–H and O–H groups in total. The Balaban J connectivity index is 2.44. The van der Waals surface area contributed by atoms with Crippen LogP contribution >= 0.6 is 34.5 Å². The van der Waals surface area contributed by atoms with E-state index in [4.69, 9.17) is 23.2 Å². The van der Waals surface area contributed by atoms with E-state index in [9.17, 15) is 14.4 Å². The molecule has 0 radical (unpaired) electrons. The van der Waals surface area contributed by atoms with Gasteiger partial charge in [0, 0.05) is 5.02 Å². The van der Waals surface area contributed by atoms with Crippen LogP contribution in [0, 0.1) is 17.1 Å². The summed E-state index contributed by atoms with van der Waals surface area (Å²) in [6, 6.07) is 7.04. The predicted molar refractivity (Wildman–Crippen MR) is 73.4 cm³/mol. The minimum atomic E-state index is -1.09. The highest BCUT2D eigenvalue weighted by Crippen LogP contribution is 2.32. The van der Waals surface area contributed by atoms with Gasteiger partial charge in [-0.05, 0) is 29.1 Å². The van der Waals surface area contributed by atoms with E-state index in [-0.39, 0.29) is 10.6 Å². The van der Waals surface area contributed by atoms with Crippen molar-refractivity contribution < 1.29 is 9.18 Å². The van der Waals surface area contributed by atoms with E-state index in [1.54, 1.807) is 11.4 Å². The van der Waals surface area contributed by atoms with Gasteiger partial charge in [0.1, 0.15) is 11.7 Å². The molecule has 0 aliphatic rings. The fourth-order valence-electron chi connectivity index (χ4n) is 1.61. The van der Waals surface area contributed by atoms with E-state index in [1.165, 1.54) is 6.07 Å². The van der Waals surface area contributed by atoms with Crippen LogP contribution in [-0.2, 0) is 0 Å². The molecule has 1 heterocycles. The second kappa shape index (κ2) is 5.70. The standard InChI is InChI=1S/C13H6Cl2FNOS/c14-10-3-4-19-13(10)12(18)9(6-17)8-2-1-7(16)5-11(8)15/h1-5,9H. The van der Waals surface area contributed by atoms with Crippen LogP contribution in [0.5, 0.6) is 0 Å². The zero-order valence-corrected chi connectivity index (χ0v) is 11.7. The average Bonchev–Trinajstić information content (AvgIpc) is 2.78. The van der Waals surface area contributed by atoms with Crippen molar-refractivity contribution in [2.45, 2.75) is 5.92 Å². The number of halogens is 3. The second-order valence-electron chi connectivity index (χ2n) is 3.69. The van der Waals surface area contributed by atoms with Crippen molar-refractivity contribution in [2.24, 2.45) is 0 Å². The van der Waals surface area contributed by atoms with Crippen LogP contribution in [0.1, 0.15) is 21.2 Å². The minimum Gasteiger partial charge on any atom is -0.291 e. The Morgan fingerprint density at radius 2 is 2.05 bits per heavy atom. The van der Waals surface area contributed by atoms with Gasteiger partial charge >= 0.3 is 0 Å². The summed E-state index contributed by atoms with van der Waals surface area (Å²) in [5.74, 6) is -2.05. The van der Waals surface area contributed by atoms with Gasteiger partial charge in [0.2, 0.25) is 0 Å². The molecule has 2 nitrogen and oxygen atoms in total. The molecule has 1 aromatic carbocycles. The summed E-state index contributed by atoms with van der Waals surface area (Å²) in [6.07, 6.45) is 0. The first kappa shape index (κ1) is 14.0. The summed E-state index contributed by atoms with van der Waals surface area (Å²) in [5, 5.41) is 11.2. The van der Waals surface area contributed by atoms with Crippen molar-refractivity contribution in [1.82, 2.24) is 0 Å². The molecule has 0 bridgehead atoms. The maximum Gasteiger partial charge on any atom is 0.195 e. The maximum absolute atomic E-state index is 13.0. The van der Waals surface area contributed by atoms with Crippen LogP contribution in [0.3, 0.4) is 0 Å². The highest BCUT2D eigenvalue weighted by molar-refractivity contribution is 7.12. The molecule has 0 fully saturated rings. The fraction of sp³-hybridized carbons (Fsp3) is 0.0769. The number of benzene rings is 1. The van der Waals surface area contributed by atoms with Gasteiger partial charge in [0.05, 0.1) is 16.0 Å². The summed E-state index contributed by atoms with van der Waals surface area (Å²) in [4.78, 5) is 12.5. The van der Waals surface area contributed by atoms with Crippen LogP contribution < -0.4 is 0 Å². The number of hydrogen-bond donors (Lipinski definition) is 0. The first-order chi connectivity index (χ1) is 9.04. The van der Waals surface area contributed by atoms with Crippen molar-refractivity contribution in [3.8, 4) is 6.07 Å². The minimum absolute atomic E-state index is 0.0487. The lowest BCUT2D eigenvalue weighted by Crippen LogP contribution is -2.11. The normalized spacial score (nSPS) is 11.9. The molecule has 19 heavy (non-hydrogen) atoms. The van der Waals surface area contributed by atoms with Crippen molar-refractivity contribution in [3.05, 3.63) is 55.9 Å². The van der Waals surface area contributed by atoms with Gasteiger partial charge in [0.25, 0.3) is 0 Å². The Hall–Kier alpha value is -1.41. The van der Waals surface area contributed by atoms with Gasteiger partial charge in [-0.1, -0.05) is 29.3 Å². The number of ketones is 1. The molecular weight excluding hydrogens is 308 g/mol. The Kier molecular flexibility index (Phi) is 4.20. The molecular formula is C13H6Cl2FNOS. The molecule has 0 amide bonds. The summed E-state index contributed by atoms with van der Waals surface area (Å²) >= 11 is 12.9. The maximum atomic E-state index is 13.0. The van der Waals surface area contributed by atoms with E-state index in [2.05, 4.69) is 0 Å². The van der Waals surface area contributed by atoms with Gasteiger partial charge in [-0.25, -0.2) is 4.39 Å². The molecule has 1 atom stereocenters. The summed E-state index contributed by atoms with van der Waals surface area (Å²) in [7, 11) is 0. The van der Waals surface area contributed by atoms with Crippen molar-refractivity contribution in [3.63, 3.8) is 0 Å². The highest BCUT2D eigenvalue weighted by Gasteiger charge is 2.26. The summed E-state index contributed by atoms with van der Waals surface area (Å²) in [6.45, 7) is 0. The molecule has 0 saturated heterocycles. The fourth-order valence-corrected chi connectivity index (χ4v) is 3.00. The molecule has 0 saturated carbocycles. The first-order valence-corrected chi connectivity index (χ1v) is 6.80. The van der Waals surface area contributed by atoms with Crippen LogP contribution in [0.4, 0.5) is 4.39 Å². The van der Waals surface area contributed by atoms with E-state index in [1.807, 2.05) is 6.07 Å². The lowest BCUT2D eigenvalue weighted by atomic mass is 9.95. The molecule has 1 aromatic heterocycles. The van der Waals surface area contributed by atoms with Crippen LogP contribution in [0.25, 0.3) is 0 Å². The van der Waals surface area contributed by atoms with Crippen molar-refractivity contribution in [2.75, 3.05) is 0 Å². The summed E-state index contributed by atoms with van der Waals surface area (Å²) in [5.41, 5.74) is 0.278. The SMILES string of the molecule is N#CC(C(=O)c1sccc1Cl)c1ccc(F)cc1Cl.